The first kappa shape index (κ1) is 11.0. The van der Waals surface area contributed by atoms with E-state index in [9.17, 15) is 8.42 Å². The Hall–Kier alpha value is -0.170. The second kappa shape index (κ2) is 3.41. The van der Waals surface area contributed by atoms with E-state index >= 15 is 0 Å². The fraction of sp³-hybridized carbons (Fsp3) is 1.00. The zero-order chi connectivity index (χ0) is 11.4. The average molecular weight is 247 g/mol. The maximum absolute atomic E-state index is 11.9. The minimum absolute atomic E-state index is 0.0693. The van der Waals surface area contributed by atoms with Crippen LogP contribution < -0.4 is 5.73 Å². The van der Waals surface area contributed by atoms with E-state index in [1.807, 2.05) is 0 Å². The van der Waals surface area contributed by atoms with Crippen molar-refractivity contribution in [2.45, 2.75) is 48.1 Å². The van der Waals surface area contributed by atoms with Crippen molar-refractivity contribution < 1.29 is 17.9 Å². The Morgan fingerprint density at radius 2 is 1.88 bits per heavy atom. The van der Waals surface area contributed by atoms with Gasteiger partial charge in [0, 0.05) is 19.4 Å². The molecule has 3 saturated heterocycles. The molecule has 6 heteroatoms. The van der Waals surface area contributed by atoms with Crippen LogP contribution in [0.1, 0.15) is 25.7 Å². The fourth-order valence-electron chi connectivity index (χ4n) is 3.13. The Morgan fingerprint density at radius 1 is 1.25 bits per heavy atom. The highest BCUT2D eigenvalue weighted by molar-refractivity contribution is 7.93. The number of nitrogens with two attached hydrogens (primary N) is 1. The largest absolute Gasteiger partial charge is 0.347 e. The molecule has 3 atom stereocenters. The quantitative estimate of drug-likeness (QED) is 0.694. The second-order valence-electron chi connectivity index (χ2n) is 5.02. The lowest BCUT2D eigenvalue weighted by atomic mass is 10.1. The first-order valence-electron chi connectivity index (χ1n) is 5.80. The van der Waals surface area contributed by atoms with Crippen molar-refractivity contribution in [3.63, 3.8) is 0 Å². The topological polar surface area (TPSA) is 78.6 Å². The van der Waals surface area contributed by atoms with Gasteiger partial charge in [0.25, 0.3) is 0 Å². The van der Waals surface area contributed by atoms with Crippen LogP contribution >= 0.6 is 0 Å². The van der Waals surface area contributed by atoms with Crippen molar-refractivity contribution in [2.75, 3.05) is 13.2 Å². The van der Waals surface area contributed by atoms with Crippen LogP contribution in [0.15, 0.2) is 0 Å². The maximum Gasteiger partial charge on any atom is 0.171 e. The van der Waals surface area contributed by atoms with E-state index in [1.54, 1.807) is 0 Å². The number of sulfone groups is 1. The summed E-state index contributed by atoms with van der Waals surface area (Å²) in [6, 6.07) is 0. The summed E-state index contributed by atoms with van der Waals surface area (Å²) in [5.41, 5.74) is 5.54. The summed E-state index contributed by atoms with van der Waals surface area (Å²) < 4.78 is 35.4. The lowest BCUT2D eigenvalue weighted by Crippen LogP contribution is -2.46. The molecule has 16 heavy (non-hydrogen) atoms. The molecule has 0 aromatic carbocycles. The van der Waals surface area contributed by atoms with Gasteiger partial charge in [-0.05, 0) is 12.8 Å². The normalized spacial score (nSPS) is 49.9. The van der Waals surface area contributed by atoms with E-state index in [0.717, 1.165) is 12.8 Å². The summed E-state index contributed by atoms with van der Waals surface area (Å²) in [6.45, 7) is 0.930. The van der Waals surface area contributed by atoms with Crippen molar-refractivity contribution in [1.82, 2.24) is 0 Å². The van der Waals surface area contributed by atoms with Gasteiger partial charge in [0.05, 0.1) is 23.2 Å². The van der Waals surface area contributed by atoms with Crippen molar-refractivity contribution in [1.29, 1.82) is 0 Å². The van der Waals surface area contributed by atoms with E-state index in [1.165, 1.54) is 0 Å². The van der Waals surface area contributed by atoms with Crippen LogP contribution in [0.3, 0.4) is 0 Å². The zero-order valence-electron chi connectivity index (χ0n) is 9.09. The zero-order valence-corrected chi connectivity index (χ0v) is 9.91. The van der Waals surface area contributed by atoms with Crippen LogP contribution in [-0.2, 0) is 19.3 Å². The monoisotopic (exact) mass is 247 g/mol. The van der Waals surface area contributed by atoms with Crippen LogP contribution in [0, 0.1) is 0 Å². The Labute approximate surface area is 95.2 Å². The van der Waals surface area contributed by atoms with E-state index in [4.69, 9.17) is 15.2 Å². The van der Waals surface area contributed by atoms with Gasteiger partial charge in [-0.25, -0.2) is 8.42 Å². The molecular formula is C10H17NO4S. The van der Waals surface area contributed by atoms with Gasteiger partial charge in [-0.1, -0.05) is 0 Å². The first-order chi connectivity index (χ1) is 7.56. The molecule has 0 aromatic heterocycles. The summed E-state index contributed by atoms with van der Waals surface area (Å²) in [4.78, 5) is 0. The molecule has 3 fully saturated rings. The van der Waals surface area contributed by atoms with Gasteiger partial charge < -0.3 is 15.2 Å². The number of ether oxygens (including phenoxy) is 2. The van der Waals surface area contributed by atoms with E-state index in [2.05, 4.69) is 0 Å². The highest BCUT2D eigenvalue weighted by atomic mass is 32.2. The fourth-order valence-corrected chi connectivity index (χ4v) is 5.58. The van der Waals surface area contributed by atoms with E-state index in [-0.39, 0.29) is 16.6 Å². The molecule has 92 valence electrons. The minimum Gasteiger partial charge on any atom is -0.347 e. The van der Waals surface area contributed by atoms with E-state index in [0.29, 0.717) is 26.0 Å². The highest BCUT2D eigenvalue weighted by Gasteiger charge is 2.57. The summed E-state index contributed by atoms with van der Waals surface area (Å²) in [5.74, 6) is -0.652. The number of hydrogen-bond donors (Lipinski definition) is 1. The summed E-state index contributed by atoms with van der Waals surface area (Å²) in [7, 11) is -2.91. The van der Waals surface area contributed by atoms with Gasteiger partial charge in [-0.2, -0.15) is 0 Å². The van der Waals surface area contributed by atoms with Crippen LogP contribution in [0.5, 0.6) is 0 Å². The molecule has 3 rings (SSSR count). The summed E-state index contributed by atoms with van der Waals surface area (Å²) in [5, 5.41) is -0.523. The third-order valence-corrected chi connectivity index (χ3v) is 6.66. The maximum atomic E-state index is 11.9. The standard InChI is InChI=1S/C10H17NO4S/c11-5-7-6-14-10(15-7)3-8-1-2-9(4-10)16(8,12)13/h7-9H,1-6,11H2. The van der Waals surface area contributed by atoms with Crippen molar-refractivity contribution in [2.24, 2.45) is 5.73 Å². The second-order valence-corrected chi connectivity index (χ2v) is 7.53. The molecule has 0 amide bonds. The van der Waals surface area contributed by atoms with Crippen molar-refractivity contribution in [3.05, 3.63) is 0 Å². The van der Waals surface area contributed by atoms with Gasteiger partial charge in [-0.3, -0.25) is 0 Å². The van der Waals surface area contributed by atoms with Gasteiger partial charge in [0.15, 0.2) is 15.6 Å². The molecule has 0 aromatic rings. The van der Waals surface area contributed by atoms with Crippen LogP contribution in [-0.4, -0.2) is 44.0 Å². The molecule has 0 saturated carbocycles. The Kier molecular flexibility index (Phi) is 2.34. The SMILES string of the molecule is NCC1COC2(CC3CCC(C2)S3(=O)=O)O1. The lowest BCUT2D eigenvalue weighted by molar-refractivity contribution is -0.176. The summed E-state index contributed by atoms with van der Waals surface area (Å²) >= 11 is 0. The molecule has 2 bridgehead atoms. The number of rotatable bonds is 1. The summed E-state index contributed by atoms with van der Waals surface area (Å²) in [6.07, 6.45) is 2.42. The third kappa shape index (κ3) is 1.44. The van der Waals surface area contributed by atoms with Crippen LogP contribution in [0.4, 0.5) is 0 Å². The number of hydrogen-bond acceptors (Lipinski definition) is 5. The van der Waals surface area contributed by atoms with Gasteiger partial charge >= 0.3 is 0 Å². The Bertz CT molecular complexity index is 374. The first-order valence-corrected chi connectivity index (χ1v) is 7.41. The average Bonchev–Trinajstić information content (AvgIpc) is 2.65. The number of fused-ring (bicyclic) bond motifs is 2. The smallest absolute Gasteiger partial charge is 0.171 e. The molecule has 5 nitrogen and oxygen atoms in total. The van der Waals surface area contributed by atoms with Crippen molar-refractivity contribution >= 4 is 9.84 Å². The molecule has 3 unspecified atom stereocenters. The predicted molar refractivity (Wildman–Crippen MR) is 57.6 cm³/mol. The van der Waals surface area contributed by atoms with E-state index < -0.39 is 15.6 Å². The van der Waals surface area contributed by atoms with Gasteiger partial charge in [0.1, 0.15) is 0 Å². The highest BCUT2D eigenvalue weighted by Crippen LogP contribution is 2.47. The van der Waals surface area contributed by atoms with Gasteiger partial charge in [0.2, 0.25) is 0 Å². The minimum atomic E-state index is -2.91. The predicted octanol–water partition coefficient (Wildman–Crippen LogP) is -0.204. The Balaban J connectivity index is 1.83. The molecule has 3 aliphatic heterocycles. The van der Waals surface area contributed by atoms with Crippen LogP contribution in [0.2, 0.25) is 0 Å². The molecule has 1 spiro atoms. The lowest BCUT2D eigenvalue weighted by Gasteiger charge is -2.35. The molecular weight excluding hydrogens is 230 g/mol. The van der Waals surface area contributed by atoms with Gasteiger partial charge in [-0.15, -0.1) is 0 Å². The van der Waals surface area contributed by atoms with Crippen LogP contribution in [0.25, 0.3) is 0 Å². The molecule has 0 radical (unpaired) electrons. The molecule has 3 aliphatic rings. The molecule has 3 heterocycles. The molecule has 2 N–H and O–H groups in total. The Morgan fingerprint density at radius 3 is 2.38 bits per heavy atom. The molecule has 0 aliphatic carbocycles. The third-order valence-electron chi connectivity index (χ3n) is 3.99. The van der Waals surface area contributed by atoms with Crippen molar-refractivity contribution in [3.8, 4) is 0 Å².